The van der Waals surface area contributed by atoms with Crippen molar-refractivity contribution in [2.75, 3.05) is 32.2 Å². The highest BCUT2D eigenvalue weighted by molar-refractivity contribution is 5.81. The molecule has 3 aromatic rings. The van der Waals surface area contributed by atoms with E-state index in [4.69, 9.17) is 14.6 Å². The van der Waals surface area contributed by atoms with Crippen molar-refractivity contribution in [3.8, 4) is 11.1 Å². The van der Waals surface area contributed by atoms with E-state index in [-0.39, 0.29) is 12.1 Å². The van der Waals surface area contributed by atoms with Gasteiger partial charge in [-0.25, -0.2) is 9.50 Å². The van der Waals surface area contributed by atoms with Crippen LogP contribution < -0.4 is 5.32 Å². The number of aliphatic hydroxyl groups is 1. The van der Waals surface area contributed by atoms with Crippen LogP contribution in [-0.2, 0) is 9.47 Å². The smallest absolute Gasteiger partial charge is 0.241 e. The summed E-state index contributed by atoms with van der Waals surface area (Å²) in [5.74, 6) is 1.32. The first-order chi connectivity index (χ1) is 15.6. The SMILES string of the molecule is COC[C@H](C)Nc1ncc2c(-c3ccnc(C4COC4)c3)cc(C3CCC(O)CC3)n2n1. The number of ether oxygens (including phenoxy) is 2. The molecule has 32 heavy (non-hydrogen) atoms. The average molecular weight is 438 g/mol. The van der Waals surface area contributed by atoms with E-state index in [2.05, 4.69) is 33.5 Å². The minimum absolute atomic E-state index is 0.105. The highest BCUT2D eigenvalue weighted by atomic mass is 16.5. The molecule has 4 heterocycles. The Morgan fingerprint density at radius 1 is 1.19 bits per heavy atom. The Balaban J connectivity index is 1.55. The molecule has 2 N–H and O–H groups in total. The van der Waals surface area contributed by atoms with E-state index in [0.29, 0.717) is 24.4 Å². The van der Waals surface area contributed by atoms with Gasteiger partial charge in [-0.2, -0.15) is 0 Å². The molecule has 8 heteroatoms. The second-order valence-corrected chi connectivity index (χ2v) is 9.07. The minimum Gasteiger partial charge on any atom is -0.393 e. The molecule has 1 atom stereocenters. The second-order valence-electron chi connectivity index (χ2n) is 9.07. The first kappa shape index (κ1) is 21.3. The number of rotatable bonds is 7. The molecule has 0 aromatic carbocycles. The molecule has 0 bridgehead atoms. The summed E-state index contributed by atoms with van der Waals surface area (Å²) in [4.78, 5) is 9.16. The van der Waals surface area contributed by atoms with Crippen molar-refractivity contribution in [2.24, 2.45) is 0 Å². The Morgan fingerprint density at radius 2 is 2.00 bits per heavy atom. The molecule has 1 saturated carbocycles. The number of nitrogens with zero attached hydrogens (tertiary/aromatic N) is 4. The Bertz CT molecular complexity index is 1070. The molecule has 2 aliphatic rings. The van der Waals surface area contributed by atoms with Gasteiger partial charge in [0.1, 0.15) is 0 Å². The number of hydrogen-bond acceptors (Lipinski definition) is 7. The van der Waals surface area contributed by atoms with Crippen LogP contribution in [0.1, 0.15) is 55.8 Å². The van der Waals surface area contributed by atoms with Crippen molar-refractivity contribution < 1.29 is 14.6 Å². The van der Waals surface area contributed by atoms with E-state index < -0.39 is 0 Å². The molecule has 1 aliphatic heterocycles. The highest BCUT2D eigenvalue weighted by Crippen LogP contribution is 2.38. The Morgan fingerprint density at radius 3 is 2.72 bits per heavy atom. The van der Waals surface area contributed by atoms with Gasteiger partial charge in [-0.1, -0.05) is 0 Å². The third kappa shape index (κ3) is 4.22. The summed E-state index contributed by atoms with van der Waals surface area (Å²) < 4.78 is 12.6. The summed E-state index contributed by atoms with van der Waals surface area (Å²) in [6.45, 7) is 4.10. The van der Waals surface area contributed by atoms with E-state index >= 15 is 0 Å². The van der Waals surface area contributed by atoms with E-state index in [1.165, 1.54) is 5.69 Å². The van der Waals surface area contributed by atoms with Crippen molar-refractivity contribution in [1.82, 2.24) is 19.6 Å². The number of aliphatic hydroxyl groups excluding tert-OH is 1. The zero-order chi connectivity index (χ0) is 22.1. The van der Waals surface area contributed by atoms with Crippen molar-refractivity contribution in [3.63, 3.8) is 0 Å². The van der Waals surface area contributed by atoms with E-state index in [1.807, 2.05) is 23.8 Å². The topological polar surface area (TPSA) is 93.8 Å². The number of anilines is 1. The number of fused-ring (bicyclic) bond motifs is 1. The number of pyridine rings is 1. The Labute approximate surface area is 188 Å². The van der Waals surface area contributed by atoms with Gasteiger partial charge >= 0.3 is 0 Å². The summed E-state index contributed by atoms with van der Waals surface area (Å²) in [6, 6.07) is 6.59. The first-order valence-electron chi connectivity index (χ1n) is 11.5. The lowest BCUT2D eigenvalue weighted by Gasteiger charge is -2.25. The zero-order valence-electron chi connectivity index (χ0n) is 18.7. The van der Waals surface area contributed by atoms with Crippen LogP contribution in [0.25, 0.3) is 16.6 Å². The van der Waals surface area contributed by atoms with Gasteiger partial charge in [0.05, 0.1) is 37.6 Å². The molecule has 3 aromatic heterocycles. The quantitative estimate of drug-likeness (QED) is 0.585. The first-order valence-corrected chi connectivity index (χ1v) is 11.5. The number of methoxy groups -OCH3 is 1. The normalized spacial score (nSPS) is 22.6. The van der Waals surface area contributed by atoms with Crippen LogP contribution in [-0.4, -0.2) is 63.8 Å². The van der Waals surface area contributed by atoms with Gasteiger partial charge < -0.3 is 19.9 Å². The molecule has 170 valence electrons. The maximum Gasteiger partial charge on any atom is 0.241 e. The van der Waals surface area contributed by atoms with Crippen molar-refractivity contribution in [1.29, 1.82) is 0 Å². The van der Waals surface area contributed by atoms with Gasteiger partial charge in [-0.15, -0.1) is 5.10 Å². The number of nitrogens with one attached hydrogen (secondary N) is 1. The van der Waals surface area contributed by atoms with Crippen LogP contribution in [0.5, 0.6) is 0 Å². The lowest BCUT2D eigenvalue weighted by Crippen LogP contribution is -2.25. The van der Waals surface area contributed by atoms with Gasteiger partial charge in [0.15, 0.2) is 0 Å². The fraction of sp³-hybridized carbons (Fsp3) is 0.542. The van der Waals surface area contributed by atoms with Crippen LogP contribution in [0.3, 0.4) is 0 Å². The fourth-order valence-electron chi connectivity index (χ4n) is 4.73. The third-order valence-electron chi connectivity index (χ3n) is 6.60. The number of hydrogen-bond donors (Lipinski definition) is 2. The predicted octanol–water partition coefficient (Wildman–Crippen LogP) is 3.37. The molecular formula is C24H31N5O3. The van der Waals surface area contributed by atoms with Crippen LogP contribution in [0.4, 0.5) is 5.95 Å². The van der Waals surface area contributed by atoms with Crippen molar-refractivity contribution in [2.45, 2.75) is 56.6 Å². The lowest BCUT2D eigenvalue weighted by molar-refractivity contribution is 0.00674. The summed E-state index contributed by atoms with van der Waals surface area (Å²) >= 11 is 0. The minimum atomic E-state index is -0.189. The molecule has 2 fully saturated rings. The van der Waals surface area contributed by atoms with E-state index in [1.54, 1.807) is 7.11 Å². The molecule has 0 radical (unpaired) electrons. The summed E-state index contributed by atoms with van der Waals surface area (Å²) in [5.41, 5.74) is 5.48. The molecule has 8 nitrogen and oxygen atoms in total. The molecular weight excluding hydrogens is 406 g/mol. The molecule has 0 amide bonds. The average Bonchev–Trinajstić information content (AvgIpc) is 3.12. The summed E-state index contributed by atoms with van der Waals surface area (Å²) in [6.07, 6.45) is 7.17. The largest absolute Gasteiger partial charge is 0.393 e. The van der Waals surface area contributed by atoms with E-state index in [9.17, 15) is 5.11 Å². The van der Waals surface area contributed by atoms with E-state index in [0.717, 1.165) is 61.2 Å². The number of aromatic nitrogens is 4. The monoisotopic (exact) mass is 437 g/mol. The van der Waals surface area contributed by atoms with Gasteiger partial charge in [0.2, 0.25) is 5.95 Å². The molecule has 0 unspecified atom stereocenters. The van der Waals surface area contributed by atoms with Crippen molar-refractivity contribution in [3.05, 3.63) is 42.0 Å². The van der Waals surface area contributed by atoms with Crippen LogP contribution >= 0.6 is 0 Å². The summed E-state index contributed by atoms with van der Waals surface area (Å²) in [7, 11) is 1.69. The molecule has 0 spiro atoms. The van der Waals surface area contributed by atoms with Gasteiger partial charge in [-0.05, 0) is 56.4 Å². The maximum absolute atomic E-state index is 10.0. The zero-order valence-corrected chi connectivity index (χ0v) is 18.7. The third-order valence-corrected chi connectivity index (χ3v) is 6.60. The predicted molar refractivity (Wildman–Crippen MR) is 122 cm³/mol. The Hall–Kier alpha value is -2.55. The molecule has 5 rings (SSSR count). The van der Waals surface area contributed by atoms with Gasteiger partial charge in [0, 0.05) is 48.1 Å². The Kier molecular flexibility index (Phi) is 6.08. The fourth-order valence-corrected chi connectivity index (χ4v) is 4.73. The van der Waals surface area contributed by atoms with Crippen LogP contribution in [0.15, 0.2) is 30.6 Å². The summed E-state index contributed by atoms with van der Waals surface area (Å²) in [5, 5.41) is 18.2. The van der Waals surface area contributed by atoms with Gasteiger partial charge in [0.25, 0.3) is 0 Å². The van der Waals surface area contributed by atoms with Gasteiger partial charge in [-0.3, -0.25) is 4.98 Å². The second kappa shape index (κ2) is 9.13. The van der Waals surface area contributed by atoms with Crippen LogP contribution in [0, 0.1) is 0 Å². The highest BCUT2D eigenvalue weighted by Gasteiger charge is 2.27. The van der Waals surface area contributed by atoms with Crippen LogP contribution in [0.2, 0.25) is 0 Å². The lowest BCUT2D eigenvalue weighted by atomic mass is 9.85. The standard InChI is InChI=1S/C24H31N5O3/c1-15(12-31-2)27-24-26-11-23-20(17-7-8-25-21(9-17)18-13-32-14-18)10-22(29(23)28-24)16-3-5-19(30)6-4-16/h7-11,15-16,18-19,30H,3-6,12-14H2,1-2H3,(H,27,28)/t15-,16?,19?/m0/s1. The van der Waals surface area contributed by atoms with Crippen molar-refractivity contribution >= 4 is 11.5 Å². The maximum atomic E-state index is 10.0. The molecule has 1 aliphatic carbocycles. The molecule has 1 saturated heterocycles.